The molecule has 1 atom stereocenters. The normalized spacial score (nSPS) is 14.5. The zero-order chi connectivity index (χ0) is 20.5. The van der Waals surface area contributed by atoms with E-state index in [-0.39, 0.29) is 30.1 Å². The molecule has 1 N–H and O–H groups in total. The Morgan fingerprint density at radius 3 is 2.72 bits per heavy atom. The minimum absolute atomic E-state index is 0.0927. The fourth-order valence-corrected chi connectivity index (χ4v) is 3.33. The van der Waals surface area contributed by atoms with Gasteiger partial charge in [0.05, 0.1) is 11.4 Å². The number of nitrogens with zero attached hydrogens (tertiary/aromatic N) is 5. The van der Waals surface area contributed by atoms with E-state index in [1.54, 1.807) is 36.4 Å². The third-order valence-electron chi connectivity index (χ3n) is 4.68. The van der Waals surface area contributed by atoms with Crippen molar-refractivity contribution in [1.82, 2.24) is 20.2 Å². The summed E-state index contributed by atoms with van der Waals surface area (Å²) >= 11 is 0. The second-order valence-corrected chi connectivity index (χ2v) is 7.12. The molecule has 1 aliphatic heterocycles. The quantitative estimate of drug-likeness (QED) is 0.734. The van der Waals surface area contributed by atoms with Crippen molar-refractivity contribution in [2.45, 2.75) is 19.9 Å². The molecule has 0 aliphatic carbocycles. The smallest absolute Gasteiger partial charge is 0.254 e. The van der Waals surface area contributed by atoms with Crippen molar-refractivity contribution in [3.63, 3.8) is 0 Å². The van der Waals surface area contributed by atoms with E-state index in [1.165, 1.54) is 21.8 Å². The first-order valence-corrected chi connectivity index (χ1v) is 9.20. The number of hydrogen-bond acceptors (Lipinski definition) is 5. The van der Waals surface area contributed by atoms with Crippen molar-refractivity contribution in [1.29, 1.82) is 0 Å². The van der Waals surface area contributed by atoms with Crippen LogP contribution in [0.1, 0.15) is 19.9 Å². The van der Waals surface area contributed by atoms with Crippen LogP contribution in [0.25, 0.3) is 11.4 Å². The maximum absolute atomic E-state index is 13.5. The Morgan fingerprint density at radius 2 is 1.97 bits per heavy atom. The SMILES string of the molecule is CC(C)C(C(=O)N1CC(=O)Nc2ccccc21)n1nnc(-c2cccc(F)c2)n1. The highest BCUT2D eigenvalue weighted by atomic mass is 19.1. The maximum atomic E-state index is 13.5. The van der Waals surface area contributed by atoms with Crippen molar-refractivity contribution >= 4 is 23.2 Å². The first-order valence-electron chi connectivity index (χ1n) is 9.20. The van der Waals surface area contributed by atoms with Crippen LogP contribution in [0, 0.1) is 11.7 Å². The van der Waals surface area contributed by atoms with Crippen LogP contribution in [0.15, 0.2) is 48.5 Å². The molecule has 1 aliphatic rings. The van der Waals surface area contributed by atoms with Gasteiger partial charge in [-0.15, -0.1) is 10.2 Å². The number of halogens is 1. The molecule has 4 rings (SSSR count). The molecule has 8 nitrogen and oxygen atoms in total. The molecule has 0 bridgehead atoms. The van der Waals surface area contributed by atoms with E-state index in [9.17, 15) is 14.0 Å². The minimum atomic E-state index is -0.774. The van der Waals surface area contributed by atoms with Crippen LogP contribution < -0.4 is 10.2 Å². The van der Waals surface area contributed by atoms with E-state index in [4.69, 9.17) is 0 Å². The molecule has 148 valence electrons. The third-order valence-corrected chi connectivity index (χ3v) is 4.68. The Labute approximate surface area is 166 Å². The van der Waals surface area contributed by atoms with Crippen molar-refractivity contribution in [2.24, 2.45) is 5.92 Å². The summed E-state index contributed by atoms with van der Waals surface area (Å²) in [5.41, 5.74) is 1.66. The van der Waals surface area contributed by atoms with Gasteiger partial charge < -0.3 is 5.32 Å². The topological polar surface area (TPSA) is 93.0 Å². The fourth-order valence-electron chi connectivity index (χ4n) is 3.33. The molecule has 0 saturated heterocycles. The molecular weight excluding hydrogens is 375 g/mol. The van der Waals surface area contributed by atoms with Crippen LogP contribution in [0.5, 0.6) is 0 Å². The van der Waals surface area contributed by atoms with Crippen molar-refractivity contribution in [3.05, 3.63) is 54.3 Å². The summed E-state index contributed by atoms with van der Waals surface area (Å²) in [5.74, 6) is -0.947. The van der Waals surface area contributed by atoms with Gasteiger partial charge in [0.25, 0.3) is 5.91 Å². The van der Waals surface area contributed by atoms with Crippen molar-refractivity contribution in [3.8, 4) is 11.4 Å². The van der Waals surface area contributed by atoms with Gasteiger partial charge in [-0.3, -0.25) is 14.5 Å². The molecule has 3 aromatic rings. The second kappa shape index (κ2) is 7.42. The standard InChI is InChI=1S/C20H19FN6O2/c1-12(2)18(27-24-19(23-25-27)13-6-5-7-14(21)10-13)20(29)26-11-17(28)22-15-8-3-4-9-16(15)26/h3-10,12,18H,11H2,1-2H3,(H,22,28). The van der Waals surface area contributed by atoms with E-state index in [0.29, 0.717) is 16.9 Å². The summed E-state index contributed by atoms with van der Waals surface area (Å²) in [5, 5.41) is 15.1. The van der Waals surface area contributed by atoms with Crippen molar-refractivity contribution in [2.75, 3.05) is 16.8 Å². The van der Waals surface area contributed by atoms with E-state index >= 15 is 0 Å². The lowest BCUT2D eigenvalue weighted by Gasteiger charge is -2.32. The molecule has 0 radical (unpaired) electrons. The highest BCUT2D eigenvalue weighted by molar-refractivity contribution is 6.10. The Balaban J connectivity index is 1.69. The van der Waals surface area contributed by atoms with E-state index in [1.807, 2.05) is 13.8 Å². The number of anilines is 2. The average molecular weight is 394 g/mol. The zero-order valence-corrected chi connectivity index (χ0v) is 15.9. The number of carbonyl (C=O) groups excluding carboxylic acids is 2. The monoisotopic (exact) mass is 394 g/mol. The summed E-state index contributed by atoms with van der Waals surface area (Å²) in [4.78, 5) is 28.2. The van der Waals surface area contributed by atoms with Gasteiger partial charge >= 0.3 is 0 Å². The maximum Gasteiger partial charge on any atom is 0.254 e. The van der Waals surface area contributed by atoms with E-state index < -0.39 is 11.9 Å². The van der Waals surface area contributed by atoms with Crippen LogP contribution in [0.4, 0.5) is 15.8 Å². The molecule has 1 aromatic heterocycles. The molecular formula is C20H19FN6O2. The van der Waals surface area contributed by atoms with E-state index in [2.05, 4.69) is 20.7 Å². The van der Waals surface area contributed by atoms with Crippen LogP contribution in [0.2, 0.25) is 0 Å². The van der Waals surface area contributed by atoms with Crippen LogP contribution in [-0.2, 0) is 9.59 Å². The second-order valence-electron chi connectivity index (χ2n) is 7.12. The number of hydrogen-bond donors (Lipinski definition) is 1. The molecule has 0 fully saturated rings. The van der Waals surface area contributed by atoms with Gasteiger partial charge in [0, 0.05) is 5.56 Å². The van der Waals surface area contributed by atoms with Gasteiger partial charge in [-0.25, -0.2) is 4.39 Å². The Kier molecular flexibility index (Phi) is 4.79. The van der Waals surface area contributed by atoms with Crippen LogP contribution in [0.3, 0.4) is 0 Å². The zero-order valence-electron chi connectivity index (χ0n) is 15.9. The number of nitrogens with one attached hydrogen (secondary N) is 1. The summed E-state index contributed by atoms with van der Waals surface area (Å²) < 4.78 is 13.5. The minimum Gasteiger partial charge on any atom is -0.323 e. The lowest BCUT2D eigenvalue weighted by atomic mass is 10.0. The largest absolute Gasteiger partial charge is 0.323 e. The lowest BCUT2D eigenvalue weighted by Crippen LogP contribution is -2.46. The highest BCUT2D eigenvalue weighted by Crippen LogP contribution is 2.32. The summed E-state index contributed by atoms with van der Waals surface area (Å²) in [6.45, 7) is 3.64. The summed E-state index contributed by atoms with van der Waals surface area (Å²) in [6.07, 6.45) is 0. The Bertz CT molecular complexity index is 1080. The average Bonchev–Trinajstić information content (AvgIpc) is 3.16. The molecule has 2 amide bonds. The fraction of sp³-hybridized carbons (Fsp3) is 0.250. The predicted molar refractivity (Wildman–Crippen MR) is 105 cm³/mol. The summed E-state index contributed by atoms with van der Waals surface area (Å²) in [7, 11) is 0. The molecule has 9 heteroatoms. The Morgan fingerprint density at radius 1 is 1.17 bits per heavy atom. The van der Waals surface area contributed by atoms with Gasteiger partial charge in [-0.1, -0.05) is 38.1 Å². The number of carbonyl (C=O) groups is 2. The molecule has 1 unspecified atom stereocenters. The number of rotatable bonds is 4. The predicted octanol–water partition coefficient (Wildman–Crippen LogP) is 2.66. The van der Waals surface area contributed by atoms with Gasteiger partial charge in [0.1, 0.15) is 12.4 Å². The molecule has 2 aromatic carbocycles. The number of amides is 2. The first-order chi connectivity index (χ1) is 13.9. The van der Waals surface area contributed by atoms with Gasteiger partial charge in [0.15, 0.2) is 6.04 Å². The number of benzene rings is 2. The number of tetrazole rings is 1. The van der Waals surface area contributed by atoms with Crippen LogP contribution >= 0.6 is 0 Å². The highest BCUT2D eigenvalue weighted by Gasteiger charge is 2.35. The number of aromatic nitrogens is 4. The van der Waals surface area contributed by atoms with E-state index in [0.717, 1.165) is 0 Å². The molecule has 2 heterocycles. The van der Waals surface area contributed by atoms with Gasteiger partial charge in [-0.05, 0) is 35.4 Å². The number of fused-ring (bicyclic) bond motifs is 1. The number of para-hydroxylation sites is 2. The Hall–Kier alpha value is -3.62. The van der Waals surface area contributed by atoms with Gasteiger partial charge in [-0.2, -0.15) is 4.80 Å². The third kappa shape index (κ3) is 3.58. The first kappa shape index (κ1) is 18.7. The van der Waals surface area contributed by atoms with Gasteiger partial charge in [0.2, 0.25) is 11.7 Å². The van der Waals surface area contributed by atoms with Crippen molar-refractivity contribution < 1.29 is 14.0 Å². The molecule has 0 saturated carbocycles. The molecule has 29 heavy (non-hydrogen) atoms. The summed E-state index contributed by atoms with van der Waals surface area (Å²) in [6, 6.07) is 12.2. The van der Waals surface area contributed by atoms with Crippen LogP contribution in [-0.4, -0.2) is 38.6 Å². The molecule has 0 spiro atoms. The lowest BCUT2D eigenvalue weighted by molar-refractivity contribution is -0.125.